The molecule has 0 aromatic rings. The average Bonchev–Trinajstić information content (AvgIpc) is 2.60. The SMILES string of the molecule is CC1=CC=C(C)[C@H]2CC2=C1. The minimum absolute atomic E-state index is 0.814. The zero-order valence-electron chi connectivity index (χ0n) is 6.52. The molecule has 0 unspecified atom stereocenters. The van der Waals surface area contributed by atoms with Gasteiger partial charge in [0.25, 0.3) is 0 Å². The summed E-state index contributed by atoms with van der Waals surface area (Å²) in [5, 5.41) is 0. The van der Waals surface area contributed by atoms with E-state index < -0.39 is 0 Å². The fraction of sp³-hybridized carbons (Fsp3) is 0.400. The van der Waals surface area contributed by atoms with Gasteiger partial charge in [0, 0.05) is 5.92 Å². The van der Waals surface area contributed by atoms with E-state index in [9.17, 15) is 0 Å². The lowest BCUT2D eigenvalue weighted by molar-refractivity contribution is 1.04. The normalized spacial score (nSPS) is 29.4. The molecule has 52 valence electrons. The molecule has 0 heterocycles. The van der Waals surface area contributed by atoms with Crippen molar-refractivity contribution >= 4 is 0 Å². The first-order chi connectivity index (χ1) is 4.77. The fourth-order valence-electron chi connectivity index (χ4n) is 1.51. The predicted molar refractivity (Wildman–Crippen MR) is 43.7 cm³/mol. The van der Waals surface area contributed by atoms with Gasteiger partial charge in [0.05, 0.1) is 0 Å². The maximum atomic E-state index is 2.32. The smallest absolute Gasteiger partial charge is 0.00483 e. The zero-order chi connectivity index (χ0) is 7.14. The van der Waals surface area contributed by atoms with Crippen molar-refractivity contribution in [2.45, 2.75) is 20.3 Å². The summed E-state index contributed by atoms with van der Waals surface area (Å²) in [7, 11) is 0. The van der Waals surface area contributed by atoms with Gasteiger partial charge < -0.3 is 0 Å². The highest BCUT2D eigenvalue weighted by atomic mass is 14.3. The Morgan fingerprint density at radius 1 is 1.30 bits per heavy atom. The van der Waals surface area contributed by atoms with Crippen molar-refractivity contribution < 1.29 is 0 Å². The van der Waals surface area contributed by atoms with Crippen LogP contribution < -0.4 is 0 Å². The third-order valence-corrected chi connectivity index (χ3v) is 2.30. The highest BCUT2D eigenvalue weighted by Crippen LogP contribution is 2.45. The van der Waals surface area contributed by atoms with Crippen LogP contribution in [-0.4, -0.2) is 0 Å². The lowest BCUT2D eigenvalue weighted by Crippen LogP contribution is -1.74. The molecule has 10 heavy (non-hydrogen) atoms. The fourth-order valence-corrected chi connectivity index (χ4v) is 1.51. The van der Waals surface area contributed by atoms with Crippen LogP contribution in [-0.2, 0) is 0 Å². The van der Waals surface area contributed by atoms with Crippen LogP contribution in [0.4, 0.5) is 0 Å². The van der Waals surface area contributed by atoms with Gasteiger partial charge in [-0.05, 0) is 20.3 Å². The summed E-state index contributed by atoms with van der Waals surface area (Å²) in [4.78, 5) is 0. The summed E-state index contributed by atoms with van der Waals surface area (Å²) in [5.74, 6) is 0.814. The molecule has 0 aromatic carbocycles. The Bertz CT molecular complexity index is 251. The molecule has 2 aliphatic rings. The Hall–Kier alpha value is -0.780. The van der Waals surface area contributed by atoms with E-state index in [-0.39, 0.29) is 0 Å². The van der Waals surface area contributed by atoms with Crippen LogP contribution in [0.1, 0.15) is 20.3 Å². The monoisotopic (exact) mass is 132 g/mol. The number of hydrogen-bond acceptors (Lipinski definition) is 0. The first kappa shape index (κ1) is 5.96. The third-order valence-electron chi connectivity index (χ3n) is 2.30. The van der Waals surface area contributed by atoms with E-state index >= 15 is 0 Å². The lowest BCUT2D eigenvalue weighted by atomic mass is 10.2. The second-order valence-electron chi connectivity index (χ2n) is 3.30. The first-order valence-electron chi connectivity index (χ1n) is 3.83. The molecule has 0 amide bonds. The Morgan fingerprint density at radius 2 is 2.10 bits per heavy atom. The van der Waals surface area contributed by atoms with Crippen LogP contribution in [0.2, 0.25) is 0 Å². The van der Waals surface area contributed by atoms with E-state index in [1.807, 2.05) is 0 Å². The molecule has 0 heteroatoms. The van der Waals surface area contributed by atoms with Gasteiger partial charge in [0.15, 0.2) is 0 Å². The maximum absolute atomic E-state index is 2.32. The van der Waals surface area contributed by atoms with Crippen LogP contribution >= 0.6 is 0 Å². The standard InChI is InChI=1S/C10H12/c1-7-3-4-8(2)10-6-9(10)5-7/h3-5,10H,6H2,1-2H3/t10-/m1/s1. The van der Waals surface area contributed by atoms with Crippen molar-refractivity contribution in [3.63, 3.8) is 0 Å². The molecule has 0 spiro atoms. The van der Waals surface area contributed by atoms with Gasteiger partial charge in [0.1, 0.15) is 0 Å². The predicted octanol–water partition coefficient (Wildman–Crippen LogP) is 2.84. The highest BCUT2D eigenvalue weighted by Gasteiger charge is 2.31. The molecular formula is C10H12. The molecule has 0 nitrogen and oxygen atoms in total. The van der Waals surface area contributed by atoms with E-state index in [4.69, 9.17) is 0 Å². The topological polar surface area (TPSA) is 0 Å². The van der Waals surface area contributed by atoms with Gasteiger partial charge in [-0.15, -0.1) is 0 Å². The zero-order valence-corrected chi connectivity index (χ0v) is 6.52. The van der Waals surface area contributed by atoms with Crippen LogP contribution in [0.3, 0.4) is 0 Å². The molecule has 0 saturated heterocycles. The molecule has 0 aromatic heterocycles. The second kappa shape index (κ2) is 1.85. The number of hydrogen-bond donors (Lipinski definition) is 0. The van der Waals surface area contributed by atoms with Crippen molar-refractivity contribution in [3.8, 4) is 0 Å². The van der Waals surface area contributed by atoms with E-state index in [1.54, 1.807) is 5.57 Å². The van der Waals surface area contributed by atoms with Gasteiger partial charge in [-0.2, -0.15) is 0 Å². The lowest BCUT2D eigenvalue weighted by Gasteiger charge is -1.89. The Balaban J connectivity index is 2.40. The summed E-state index contributed by atoms with van der Waals surface area (Å²) in [6.45, 7) is 4.39. The second-order valence-corrected chi connectivity index (χ2v) is 3.30. The Kier molecular flexibility index (Phi) is 1.10. The molecule has 0 bridgehead atoms. The van der Waals surface area contributed by atoms with Crippen LogP contribution in [0, 0.1) is 5.92 Å². The molecule has 1 saturated carbocycles. The van der Waals surface area contributed by atoms with Gasteiger partial charge in [-0.25, -0.2) is 0 Å². The van der Waals surface area contributed by atoms with Crippen molar-refractivity contribution in [3.05, 3.63) is 34.9 Å². The minimum atomic E-state index is 0.814. The van der Waals surface area contributed by atoms with Gasteiger partial charge in [-0.3, -0.25) is 0 Å². The number of rotatable bonds is 0. The maximum Gasteiger partial charge on any atom is 0.00483 e. The molecule has 2 rings (SSSR count). The van der Waals surface area contributed by atoms with Gasteiger partial charge >= 0.3 is 0 Å². The first-order valence-corrected chi connectivity index (χ1v) is 3.83. The van der Waals surface area contributed by atoms with E-state index in [2.05, 4.69) is 32.1 Å². The van der Waals surface area contributed by atoms with E-state index in [1.165, 1.54) is 17.6 Å². The highest BCUT2D eigenvalue weighted by molar-refractivity contribution is 5.44. The summed E-state index contributed by atoms with van der Waals surface area (Å²) in [6.07, 6.45) is 8.08. The van der Waals surface area contributed by atoms with Crippen molar-refractivity contribution in [1.82, 2.24) is 0 Å². The number of allylic oxidation sites excluding steroid dienone is 6. The average molecular weight is 132 g/mol. The number of fused-ring (bicyclic) bond motifs is 1. The third kappa shape index (κ3) is 0.841. The Morgan fingerprint density at radius 3 is 2.90 bits per heavy atom. The summed E-state index contributed by atoms with van der Waals surface area (Å²) in [6, 6.07) is 0. The molecule has 0 N–H and O–H groups in total. The largest absolute Gasteiger partial charge is 0.0658 e. The summed E-state index contributed by atoms with van der Waals surface area (Å²) < 4.78 is 0. The molecule has 0 radical (unpaired) electrons. The van der Waals surface area contributed by atoms with Crippen LogP contribution in [0.5, 0.6) is 0 Å². The van der Waals surface area contributed by atoms with Crippen molar-refractivity contribution in [1.29, 1.82) is 0 Å². The van der Waals surface area contributed by atoms with Crippen molar-refractivity contribution in [2.24, 2.45) is 5.92 Å². The minimum Gasteiger partial charge on any atom is -0.0658 e. The summed E-state index contributed by atoms with van der Waals surface area (Å²) >= 11 is 0. The van der Waals surface area contributed by atoms with E-state index in [0.29, 0.717) is 0 Å². The molecule has 2 aliphatic carbocycles. The van der Waals surface area contributed by atoms with Gasteiger partial charge in [0.2, 0.25) is 0 Å². The Labute approximate surface area is 61.9 Å². The molecule has 0 aliphatic heterocycles. The van der Waals surface area contributed by atoms with Gasteiger partial charge in [-0.1, -0.05) is 34.9 Å². The van der Waals surface area contributed by atoms with Crippen LogP contribution in [0.25, 0.3) is 0 Å². The van der Waals surface area contributed by atoms with E-state index in [0.717, 1.165) is 5.92 Å². The summed E-state index contributed by atoms with van der Waals surface area (Å²) in [5.41, 5.74) is 4.55. The molecule has 1 atom stereocenters. The quantitative estimate of drug-likeness (QED) is 0.475. The molecular weight excluding hydrogens is 120 g/mol. The van der Waals surface area contributed by atoms with Crippen molar-refractivity contribution in [2.75, 3.05) is 0 Å². The van der Waals surface area contributed by atoms with Crippen LogP contribution in [0.15, 0.2) is 34.9 Å². The molecule has 1 fully saturated rings.